The molecule has 8 heteroatoms. The summed E-state index contributed by atoms with van der Waals surface area (Å²) in [7, 11) is 0. The monoisotopic (exact) mass is 383 g/mol. The van der Waals surface area contributed by atoms with Gasteiger partial charge in [-0.15, -0.1) is 0 Å². The maximum Gasteiger partial charge on any atom is 0.292 e. The number of nitrogen functional groups attached to an aromatic ring is 1. The van der Waals surface area contributed by atoms with Crippen LogP contribution in [0.25, 0.3) is 0 Å². The molecule has 0 radical (unpaired) electrons. The van der Waals surface area contributed by atoms with Crippen LogP contribution >= 0.6 is 0 Å². The lowest BCUT2D eigenvalue weighted by atomic mass is 10.1. The van der Waals surface area contributed by atoms with Crippen LogP contribution in [0.4, 0.5) is 22.7 Å². The van der Waals surface area contributed by atoms with E-state index in [0.29, 0.717) is 5.69 Å². The van der Waals surface area contributed by atoms with Crippen molar-refractivity contribution in [3.8, 4) is 0 Å². The van der Waals surface area contributed by atoms with E-state index in [-0.39, 0.29) is 16.9 Å². The van der Waals surface area contributed by atoms with E-state index in [1.165, 1.54) is 18.2 Å². The molecule has 1 heterocycles. The smallest absolute Gasteiger partial charge is 0.292 e. The van der Waals surface area contributed by atoms with Crippen molar-refractivity contribution < 1.29 is 9.72 Å². The second-order valence-electron chi connectivity index (χ2n) is 6.91. The summed E-state index contributed by atoms with van der Waals surface area (Å²) in [5.41, 5.74) is 8.43. The zero-order chi connectivity index (χ0) is 20.3. The Labute approximate surface area is 164 Å². The first kappa shape index (κ1) is 19.6. The van der Waals surface area contributed by atoms with Crippen LogP contribution in [-0.4, -0.2) is 48.5 Å². The Hall–Kier alpha value is -3.13. The van der Waals surface area contributed by atoms with E-state index in [4.69, 9.17) is 5.73 Å². The van der Waals surface area contributed by atoms with Gasteiger partial charge in [0.15, 0.2) is 0 Å². The molecule has 0 spiro atoms. The van der Waals surface area contributed by atoms with Crippen molar-refractivity contribution in [3.63, 3.8) is 0 Å². The van der Waals surface area contributed by atoms with Crippen molar-refractivity contribution in [2.75, 3.05) is 48.7 Å². The third-order valence-electron chi connectivity index (χ3n) is 5.10. The standard InChI is InChI=1S/C20H25N5O3/c1-3-23-8-10-24(11-9-23)18-7-5-16(12-14(18)2)22-20(26)15-4-6-17(21)19(13-15)25(27)28/h4-7,12-13H,3,8-11,21H2,1-2H3,(H,22,26). The van der Waals surface area contributed by atoms with Gasteiger partial charge in [-0.3, -0.25) is 14.9 Å². The van der Waals surface area contributed by atoms with Crippen molar-refractivity contribution in [3.05, 3.63) is 57.6 Å². The minimum Gasteiger partial charge on any atom is -0.393 e. The minimum absolute atomic E-state index is 0.0323. The van der Waals surface area contributed by atoms with Gasteiger partial charge in [0.2, 0.25) is 0 Å². The number of hydrogen-bond donors (Lipinski definition) is 2. The van der Waals surface area contributed by atoms with Gasteiger partial charge in [0.25, 0.3) is 11.6 Å². The number of carbonyl (C=O) groups excluding carboxylic acids is 1. The molecule has 0 bridgehead atoms. The van der Waals surface area contributed by atoms with E-state index in [0.717, 1.165) is 44.0 Å². The molecule has 2 aromatic carbocycles. The highest BCUT2D eigenvalue weighted by Gasteiger charge is 2.18. The second-order valence-corrected chi connectivity index (χ2v) is 6.91. The number of nitrogens with two attached hydrogens (primary N) is 1. The van der Waals surface area contributed by atoms with Crippen LogP contribution in [0.2, 0.25) is 0 Å². The van der Waals surface area contributed by atoms with E-state index < -0.39 is 10.8 Å². The van der Waals surface area contributed by atoms with Crippen molar-refractivity contribution in [1.82, 2.24) is 4.90 Å². The number of amides is 1. The Balaban J connectivity index is 1.72. The molecule has 0 saturated carbocycles. The van der Waals surface area contributed by atoms with Crippen LogP contribution in [0.5, 0.6) is 0 Å². The fourth-order valence-corrected chi connectivity index (χ4v) is 3.44. The lowest BCUT2D eigenvalue weighted by Crippen LogP contribution is -2.46. The third-order valence-corrected chi connectivity index (χ3v) is 5.10. The molecule has 3 rings (SSSR count). The maximum absolute atomic E-state index is 12.5. The van der Waals surface area contributed by atoms with E-state index in [1.54, 1.807) is 0 Å². The van der Waals surface area contributed by atoms with Crippen LogP contribution in [0.1, 0.15) is 22.8 Å². The maximum atomic E-state index is 12.5. The quantitative estimate of drug-likeness (QED) is 0.467. The van der Waals surface area contributed by atoms with Gasteiger partial charge in [-0.25, -0.2) is 0 Å². The molecule has 8 nitrogen and oxygen atoms in total. The second kappa shape index (κ2) is 8.26. The Morgan fingerprint density at radius 1 is 1.18 bits per heavy atom. The van der Waals surface area contributed by atoms with Crippen LogP contribution in [-0.2, 0) is 0 Å². The van der Waals surface area contributed by atoms with Crippen molar-refractivity contribution in [2.45, 2.75) is 13.8 Å². The number of nitrogens with zero attached hydrogens (tertiary/aromatic N) is 3. The fourth-order valence-electron chi connectivity index (χ4n) is 3.44. The number of nitro benzene ring substituents is 1. The van der Waals surface area contributed by atoms with Gasteiger partial charge in [0.1, 0.15) is 5.69 Å². The number of hydrogen-bond acceptors (Lipinski definition) is 6. The van der Waals surface area contributed by atoms with Crippen LogP contribution in [0.15, 0.2) is 36.4 Å². The summed E-state index contributed by atoms with van der Waals surface area (Å²) in [5.74, 6) is -0.410. The number of anilines is 3. The van der Waals surface area contributed by atoms with Gasteiger partial charge in [-0.1, -0.05) is 6.92 Å². The number of likely N-dealkylation sites (N-methyl/N-ethyl adjacent to an activating group) is 1. The first-order chi connectivity index (χ1) is 13.4. The predicted octanol–water partition coefficient (Wildman–Crippen LogP) is 2.88. The van der Waals surface area contributed by atoms with Crippen LogP contribution < -0.4 is 16.0 Å². The molecule has 1 aliphatic rings. The highest BCUT2D eigenvalue weighted by Crippen LogP contribution is 2.26. The van der Waals surface area contributed by atoms with Crippen molar-refractivity contribution in [2.24, 2.45) is 0 Å². The number of benzene rings is 2. The molecule has 0 atom stereocenters. The highest BCUT2D eigenvalue weighted by atomic mass is 16.6. The van der Waals surface area contributed by atoms with Crippen molar-refractivity contribution >= 4 is 28.7 Å². The average molecular weight is 383 g/mol. The minimum atomic E-state index is -0.594. The Morgan fingerprint density at radius 2 is 1.89 bits per heavy atom. The number of aryl methyl sites for hydroxylation is 1. The van der Waals surface area contributed by atoms with E-state index in [1.807, 2.05) is 25.1 Å². The van der Waals surface area contributed by atoms with Crippen LogP contribution in [0, 0.1) is 17.0 Å². The molecule has 28 heavy (non-hydrogen) atoms. The highest BCUT2D eigenvalue weighted by molar-refractivity contribution is 6.05. The number of nitro groups is 1. The van der Waals surface area contributed by atoms with Gasteiger partial charge in [-0.2, -0.15) is 0 Å². The first-order valence-corrected chi connectivity index (χ1v) is 9.32. The summed E-state index contributed by atoms with van der Waals surface area (Å²) >= 11 is 0. The normalized spacial score (nSPS) is 14.7. The largest absolute Gasteiger partial charge is 0.393 e. The van der Waals surface area contributed by atoms with Crippen molar-refractivity contribution in [1.29, 1.82) is 0 Å². The lowest BCUT2D eigenvalue weighted by Gasteiger charge is -2.36. The topological polar surface area (TPSA) is 105 Å². The van der Waals surface area contributed by atoms with Gasteiger partial charge in [-0.05, 0) is 49.4 Å². The summed E-state index contributed by atoms with van der Waals surface area (Å²) < 4.78 is 0. The zero-order valence-electron chi connectivity index (χ0n) is 16.1. The first-order valence-electron chi connectivity index (χ1n) is 9.32. The molecule has 1 saturated heterocycles. The average Bonchev–Trinajstić information content (AvgIpc) is 2.68. The number of nitrogens with one attached hydrogen (secondary N) is 1. The fraction of sp³-hybridized carbons (Fsp3) is 0.350. The van der Waals surface area contributed by atoms with Gasteiger partial charge >= 0.3 is 0 Å². The summed E-state index contributed by atoms with van der Waals surface area (Å²) in [6.07, 6.45) is 0. The Morgan fingerprint density at radius 3 is 2.50 bits per heavy atom. The molecule has 0 aliphatic carbocycles. The van der Waals surface area contributed by atoms with E-state index in [2.05, 4.69) is 22.0 Å². The zero-order valence-corrected chi connectivity index (χ0v) is 16.1. The number of piperazine rings is 1. The van der Waals surface area contributed by atoms with Crippen LogP contribution in [0.3, 0.4) is 0 Å². The van der Waals surface area contributed by atoms with Gasteiger partial charge in [0.05, 0.1) is 4.92 Å². The molecule has 1 fully saturated rings. The molecule has 0 aromatic heterocycles. The summed E-state index contributed by atoms with van der Waals surface area (Å²) in [6, 6.07) is 9.84. The molecular formula is C20H25N5O3. The third kappa shape index (κ3) is 4.23. The summed E-state index contributed by atoms with van der Waals surface area (Å²) in [4.78, 5) is 27.7. The molecule has 1 amide bonds. The molecular weight excluding hydrogens is 358 g/mol. The molecule has 3 N–H and O–H groups in total. The SMILES string of the molecule is CCN1CCN(c2ccc(NC(=O)c3ccc(N)c([N+](=O)[O-])c3)cc2C)CC1. The summed E-state index contributed by atoms with van der Waals surface area (Å²) in [6.45, 7) is 9.32. The molecule has 1 aliphatic heterocycles. The Bertz CT molecular complexity index is 891. The van der Waals surface area contributed by atoms with E-state index >= 15 is 0 Å². The van der Waals surface area contributed by atoms with Gasteiger partial charge < -0.3 is 20.9 Å². The van der Waals surface area contributed by atoms with Gasteiger partial charge in [0, 0.05) is 49.2 Å². The predicted molar refractivity (Wildman–Crippen MR) is 111 cm³/mol. The summed E-state index contributed by atoms with van der Waals surface area (Å²) in [5, 5.41) is 13.8. The Kier molecular flexibility index (Phi) is 5.79. The molecule has 0 unspecified atom stereocenters. The molecule has 2 aromatic rings. The number of rotatable bonds is 5. The molecule has 148 valence electrons. The number of carbonyl (C=O) groups is 1. The van der Waals surface area contributed by atoms with E-state index in [9.17, 15) is 14.9 Å². The lowest BCUT2D eigenvalue weighted by molar-refractivity contribution is -0.383.